The molecule has 1 aliphatic carbocycles. The van der Waals surface area contributed by atoms with E-state index in [1.54, 1.807) is 12.1 Å². The molecule has 130 valence electrons. The Morgan fingerprint density at radius 3 is 2.40 bits per heavy atom. The molecule has 1 heterocycles. The second kappa shape index (κ2) is 7.24. The maximum atomic E-state index is 12.9. The number of fused-ring (bicyclic) bond motifs is 1. The third-order valence-corrected chi connectivity index (χ3v) is 5.51. The zero-order valence-corrected chi connectivity index (χ0v) is 15.4. The quantitative estimate of drug-likeness (QED) is 0.769. The fourth-order valence-electron chi connectivity index (χ4n) is 2.50. The van der Waals surface area contributed by atoms with E-state index in [4.69, 9.17) is 9.47 Å². The molecule has 0 spiro atoms. The van der Waals surface area contributed by atoms with Crippen molar-refractivity contribution < 1.29 is 19.1 Å². The van der Waals surface area contributed by atoms with Gasteiger partial charge in [-0.3, -0.25) is 9.59 Å². The molecule has 0 fully saturated rings. The molecule has 1 aromatic heterocycles. The van der Waals surface area contributed by atoms with Gasteiger partial charge in [-0.25, -0.2) is 0 Å². The number of ketones is 2. The molecule has 3 rings (SSSR count). The maximum Gasteiger partial charge on any atom is 0.206 e. The number of ether oxygens (including phenoxy) is 2. The highest BCUT2D eigenvalue weighted by atomic mass is 32.2. The number of anilines is 1. The van der Waals surface area contributed by atoms with Crippen LogP contribution in [0.25, 0.3) is 0 Å². The summed E-state index contributed by atoms with van der Waals surface area (Å²) < 4.78 is 11.3. The number of hydrogen-bond acceptors (Lipinski definition) is 9. The van der Waals surface area contributed by atoms with Crippen molar-refractivity contribution in [3.63, 3.8) is 0 Å². The number of carbonyl (C=O) groups excluding carboxylic acids is 2. The van der Waals surface area contributed by atoms with E-state index in [0.29, 0.717) is 22.2 Å². The van der Waals surface area contributed by atoms with Crippen LogP contribution in [0.3, 0.4) is 0 Å². The molecule has 0 bridgehead atoms. The van der Waals surface area contributed by atoms with Crippen molar-refractivity contribution in [1.29, 1.82) is 0 Å². The Morgan fingerprint density at radius 2 is 1.80 bits per heavy atom. The lowest BCUT2D eigenvalue weighted by Crippen LogP contribution is -2.23. The predicted octanol–water partition coefficient (Wildman–Crippen LogP) is 2.69. The van der Waals surface area contributed by atoms with Crippen molar-refractivity contribution in [3.8, 4) is 11.5 Å². The van der Waals surface area contributed by atoms with Crippen molar-refractivity contribution in [2.24, 2.45) is 0 Å². The predicted molar refractivity (Wildman–Crippen MR) is 96.5 cm³/mol. The van der Waals surface area contributed by atoms with E-state index in [0.717, 1.165) is 4.34 Å². The first-order valence-electron chi connectivity index (χ1n) is 7.25. The summed E-state index contributed by atoms with van der Waals surface area (Å²) in [7, 11) is 2.92. The van der Waals surface area contributed by atoms with Crippen LogP contribution in [0.1, 0.15) is 20.7 Å². The van der Waals surface area contributed by atoms with Crippen molar-refractivity contribution in [3.05, 3.63) is 34.9 Å². The van der Waals surface area contributed by atoms with Crippen LogP contribution in [-0.4, -0.2) is 48.8 Å². The van der Waals surface area contributed by atoms with Crippen LogP contribution in [0.4, 0.5) is 5.13 Å². The Morgan fingerprint density at radius 1 is 1.12 bits per heavy atom. The third kappa shape index (κ3) is 3.24. The van der Waals surface area contributed by atoms with Gasteiger partial charge in [0.2, 0.25) is 5.13 Å². The van der Waals surface area contributed by atoms with Gasteiger partial charge in [0, 0.05) is 12.1 Å². The number of benzene rings is 1. The minimum Gasteiger partial charge on any atom is -0.496 e. The fourth-order valence-corrected chi connectivity index (χ4v) is 3.66. The molecule has 0 amide bonds. The topological polar surface area (TPSA) is 90.4 Å². The highest BCUT2D eigenvalue weighted by Gasteiger charge is 2.31. The van der Waals surface area contributed by atoms with Crippen molar-refractivity contribution >= 4 is 39.8 Å². The molecule has 7 nitrogen and oxygen atoms in total. The smallest absolute Gasteiger partial charge is 0.206 e. The maximum absolute atomic E-state index is 12.9. The van der Waals surface area contributed by atoms with E-state index in [1.165, 1.54) is 43.4 Å². The summed E-state index contributed by atoms with van der Waals surface area (Å²) >= 11 is 2.87. The Kier molecular flexibility index (Phi) is 5.05. The Bertz CT molecular complexity index is 876. The average molecular weight is 377 g/mol. The van der Waals surface area contributed by atoms with Crippen LogP contribution in [0, 0.1) is 0 Å². The van der Waals surface area contributed by atoms with Gasteiger partial charge in [-0.2, -0.15) is 0 Å². The standard InChI is InChI=1S/C16H15N3O4S2/c1-22-10-4-5-11(23-2)13-12(10)9(20)6-8(14(13)21)7-17-15-18-19-16(24-3)25-15/h4-6H,7H2,1-3H3,(H,17,18). The van der Waals surface area contributed by atoms with Gasteiger partial charge in [0.15, 0.2) is 15.9 Å². The van der Waals surface area contributed by atoms with Crippen molar-refractivity contribution in [2.45, 2.75) is 4.34 Å². The van der Waals surface area contributed by atoms with Gasteiger partial charge in [0.25, 0.3) is 0 Å². The number of Topliss-reactive ketones (excluding diaryl/α,β-unsaturated/α-hetero) is 1. The number of nitrogens with zero attached hydrogens (tertiary/aromatic N) is 2. The number of carbonyl (C=O) groups is 2. The molecule has 0 saturated heterocycles. The van der Waals surface area contributed by atoms with E-state index in [-0.39, 0.29) is 29.2 Å². The van der Waals surface area contributed by atoms with Crippen LogP contribution in [0.5, 0.6) is 11.5 Å². The zero-order chi connectivity index (χ0) is 18.0. The largest absolute Gasteiger partial charge is 0.496 e. The highest BCUT2D eigenvalue weighted by Crippen LogP contribution is 2.36. The second-order valence-electron chi connectivity index (χ2n) is 5.01. The van der Waals surface area contributed by atoms with Crippen LogP contribution >= 0.6 is 23.1 Å². The molecule has 1 aromatic carbocycles. The van der Waals surface area contributed by atoms with Gasteiger partial charge in [0.05, 0.1) is 25.3 Å². The molecule has 9 heteroatoms. The normalized spacial score (nSPS) is 13.3. The minimum atomic E-state index is -0.288. The summed E-state index contributed by atoms with van der Waals surface area (Å²) in [5, 5.41) is 11.6. The van der Waals surface area contributed by atoms with Gasteiger partial charge >= 0.3 is 0 Å². The summed E-state index contributed by atoms with van der Waals surface area (Å²) in [6.45, 7) is 0.174. The van der Waals surface area contributed by atoms with Gasteiger partial charge in [0.1, 0.15) is 11.5 Å². The van der Waals surface area contributed by atoms with Crippen LogP contribution in [0.15, 0.2) is 28.1 Å². The number of thioether (sulfide) groups is 1. The molecule has 1 aliphatic rings. The number of hydrogen-bond donors (Lipinski definition) is 1. The number of methoxy groups -OCH3 is 2. The second-order valence-corrected chi connectivity index (χ2v) is 7.04. The van der Waals surface area contributed by atoms with Gasteiger partial charge < -0.3 is 14.8 Å². The number of rotatable bonds is 6. The lowest BCUT2D eigenvalue weighted by atomic mass is 9.88. The van der Waals surface area contributed by atoms with Crippen LogP contribution in [-0.2, 0) is 0 Å². The Hall–Kier alpha value is -2.39. The molecule has 0 atom stereocenters. The average Bonchev–Trinajstić information content (AvgIpc) is 3.10. The van der Waals surface area contributed by atoms with E-state index in [9.17, 15) is 9.59 Å². The van der Waals surface area contributed by atoms with E-state index >= 15 is 0 Å². The number of allylic oxidation sites excluding steroid dienone is 1. The van der Waals surface area contributed by atoms with Crippen molar-refractivity contribution in [1.82, 2.24) is 10.2 Å². The third-order valence-electron chi connectivity index (χ3n) is 3.65. The first kappa shape index (κ1) is 17.4. The first-order valence-corrected chi connectivity index (χ1v) is 9.29. The minimum absolute atomic E-state index is 0.174. The van der Waals surface area contributed by atoms with Gasteiger partial charge in [-0.15, -0.1) is 10.2 Å². The summed E-state index contributed by atoms with van der Waals surface area (Å²) in [5.74, 6) is 0.142. The number of aromatic nitrogens is 2. The lowest BCUT2D eigenvalue weighted by molar-refractivity contribution is 0.0978. The SMILES string of the molecule is COc1ccc(OC)c2c1C(=O)C=C(CNc1nnc(SC)s1)C2=O. The number of nitrogens with one attached hydrogen (secondary N) is 1. The first-order chi connectivity index (χ1) is 12.1. The molecular weight excluding hydrogens is 362 g/mol. The molecule has 0 aliphatic heterocycles. The van der Waals surface area contributed by atoms with Crippen LogP contribution in [0.2, 0.25) is 0 Å². The zero-order valence-electron chi connectivity index (χ0n) is 13.8. The molecule has 0 saturated carbocycles. The van der Waals surface area contributed by atoms with Crippen LogP contribution < -0.4 is 14.8 Å². The molecular formula is C16H15N3O4S2. The lowest BCUT2D eigenvalue weighted by Gasteiger charge is -2.20. The van der Waals surface area contributed by atoms with Crippen molar-refractivity contribution in [2.75, 3.05) is 32.3 Å². The van der Waals surface area contributed by atoms with Gasteiger partial charge in [-0.1, -0.05) is 23.1 Å². The summed E-state index contributed by atoms with van der Waals surface area (Å²) in [6, 6.07) is 3.24. The summed E-state index contributed by atoms with van der Waals surface area (Å²) in [5.41, 5.74) is 0.800. The summed E-state index contributed by atoms with van der Waals surface area (Å²) in [6.07, 6.45) is 3.24. The fraction of sp³-hybridized carbons (Fsp3) is 0.250. The van der Waals surface area contributed by atoms with E-state index < -0.39 is 0 Å². The molecule has 2 aromatic rings. The Labute approximate surface area is 152 Å². The monoisotopic (exact) mass is 377 g/mol. The van der Waals surface area contributed by atoms with E-state index in [2.05, 4.69) is 15.5 Å². The molecule has 25 heavy (non-hydrogen) atoms. The van der Waals surface area contributed by atoms with E-state index in [1.807, 2.05) is 6.26 Å². The summed E-state index contributed by atoms with van der Waals surface area (Å²) in [4.78, 5) is 25.4. The molecule has 0 unspecified atom stereocenters. The molecule has 1 N–H and O–H groups in total. The molecule has 0 radical (unpaired) electrons. The Balaban J connectivity index is 1.90. The van der Waals surface area contributed by atoms with Gasteiger partial charge in [-0.05, 0) is 24.5 Å². The highest BCUT2D eigenvalue weighted by molar-refractivity contribution is 8.00.